The summed E-state index contributed by atoms with van der Waals surface area (Å²) in [4.78, 5) is 1.26. The summed E-state index contributed by atoms with van der Waals surface area (Å²) in [7, 11) is 2.00. The van der Waals surface area contributed by atoms with Gasteiger partial charge in [-0.2, -0.15) is 0 Å². The highest BCUT2D eigenvalue weighted by Crippen LogP contribution is 2.43. The lowest BCUT2D eigenvalue weighted by molar-refractivity contribution is 0.157. The van der Waals surface area contributed by atoms with Crippen LogP contribution in [0.4, 0.5) is 0 Å². The van der Waals surface area contributed by atoms with Crippen LogP contribution in [0.1, 0.15) is 29.0 Å². The molecule has 0 radical (unpaired) electrons. The van der Waals surface area contributed by atoms with Crippen molar-refractivity contribution in [1.82, 2.24) is 5.32 Å². The molecule has 1 aliphatic heterocycles. The second-order valence-electron chi connectivity index (χ2n) is 4.53. The number of hydrogen-bond donors (Lipinski definition) is 1. The number of fused-ring (bicyclic) bond motifs is 1. The van der Waals surface area contributed by atoms with Crippen LogP contribution in [0, 0.1) is 0 Å². The largest absolute Gasteiger partial charge is 0.484 e. The molecule has 2 nitrogen and oxygen atoms in total. The molecule has 0 aliphatic carbocycles. The molecule has 0 fully saturated rings. The van der Waals surface area contributed by atoms with Gasteiger partial charge in [0, 0.05) is 37.2 Å². The number of benzene rings is 1. The van der Waals surface area contributed by atoms with Crippen LogP contribution >= 0.6 is 43.2 Å². The minimum atomic E-state index is 0.127. The smallest absolute Gasteiger partial charge is 0.135 e. The van der Waals surface area contributed by atoms with Gasteiger partial charge >= 0.3 is 0 Å². The molecule has 19 heavy (non-hydrogen) atoms. The minimum absolute atomic E-state index is 0.127. The molecule has 0 spiro atoms. The Hall–Kier alpha value is -0.360. The Morgan fingerprint density at radius 2 is 2.11 bits per heavy atom. The van der Waals surface area contributed by atoms with Crippen molar-refractivity contribution in [3.05, 3.63) is 49.0 Å². The first-order valence-corrected chi connectivity index (χ1v) is 8.51. The quantitative estimate of drug-likeness (QED) is 0.758. The zero-order valence-electron chi connectivity index (χ0n) is 10.3. The summed E-state index contributed by atoms with van der Waals surface area (Å²) in [6.45, 7) is 0. The first-order valence-electron chi connectivity index (χ1n) is 6.04. The van der Waals surface area contributed by atoms with Gasteiger partial charge in [-0.1, -0.05) is 15.9 Å². The van der Waals surface area contributed by atoms with Gasteiger partial charge < -0.3 is 10.1 Å². The first-order chi connectivity index (χ1) is 9.17. The predicted octanol–water partition coefficient (Wildman–Crippen LogP) is 5.06. The standard InChI is InChI=1S/C14H13Br2NOS/c1-17-11-6-13(14-5-9(16)7-19-14)18-12-3-2-8(15)4-10(11)12/h2-5,7,11,13,17H,6H2,1H3. The van der Waals surface area contributed by atoms with Gasteiger partial charge in [0.2, 0.25) is 0 Å². The van der Waals surface area contributed by atoms with E-state index in [0.29, 0.717) is 6.04 Å². The number of ether oxygens (including phenoxy) is 1. The minimum Gasteiger partial charge on any atom is -0.484 e. The maximum atomic E-state index is 6.15. The molecule has 3 rings (SSSR count). The molecular weight excluding hydrogens is 390 g/mol. The predicted molar refractivity (Wildman–Crippen MR) is 85.9 cm³/mol. The molecule has 100 valence electrons. The Morgan fingerprint density at radius 1 is 1.26 bits per heavy atom. The van der Waals surface area contributed by atoms with Crippen molar-refractivity contribution in [1.29, 1.82) is 0 Å². The second kappa shape index (κ2) is 5.56. The summed E-state index contributed by atoms with van der Waals surface area (Å²) in [5, 5.41) is 5.49. The average Bonchev–Trinajstić information content (AvgIpc) is 2.84. The molecule has 1 N–H and O–H groups in total. The van der Waals surface area contributed by atoms with Crippen LogP contribution < -0.4 is 10.1 Å². The van der Waals surface area contributed by atoms with Crippen molar-refractivity contribution >= 4 is 43.2 Å². The van der Waals surface area contributed by atoms with Crippen molar-refractivity contribution in [3.8, 4) is 5.75 Å². The van der Waals surface area contributed by atoms with E-state index in [-0.39, 0.29) is 6.10 Å². The van der Waals surface area contributed by atoms with Crippen LogP contribution in [0.2, 0.25) is 0 Å². The van der Waals surface area contributed by atoms with Gasteiger partial charge in [-0.3, -0.25) is 0 Å². The van der Waals surface area contributed by atoms with Crippen LogP contribution in [0.15, 0.2) is 38.6 Å². The van der Waals surface area contributed by atoms with Gasteiger partial charge in [0.25, 0.3) is 0 Å². The Labute approximate surface area is 133 Å². The Bertz CT molecular complexity index is 599. The van der Waals surface area contributed by atoms with Crippen molar-refractivity contribution in [2.75, 3.05) is 7.05 Å². The highest BCUT2D eigenvalue weighted by Gasteiger charge is 2.29. The molecule has 2 atom stereocenters. The average molecular weight is 403 g/mol. The van der Waals surface area contributed by atoms with Gasteiger partial charge in [-0.15, -0.1) is 11.3 Å². The maximum Gasteiger partial charge on any atom is 0.135 e. The lowest BCUT2D eigenvalue weighted by Gasteiger charge is -2.31. The summed E-state index contributed by atoms with van der Waals surface area (Å²) in [6, 6.07) is 8.67. The van der Waals surface area contributed by atoms with Gasteiger partial charge in [-0.05, 0) is 47.2 Å². The monoisotopic (exact) mass is 401 g/mol. The molecule has 1 aromatic carbocycles. The lowest BCUT2D eigenvalue weighted by atomic mass is 9.96. The topological polar surface area (TPSA) is 21.3 Å². The molecule has 0 amide bonds. The van der Waals surface area contributed by atoms with E-state index < -0.39 is 0 Å². The lowest BCUT2D eigenvalue weighted by Crippen LogP contribution is -2.26. The highest BCUT2D eigenvalue weighted by atomic mass is 79.9. The fourth-order valence-electron chi connectivity index (χ4n) is 2.39. The SMILES string of the molecule is CNC1CC(c2cc(Br)cs2)Oc2ccc(Br)cc21. The third kappa shape index (κ3) is 2.75. The summed E-state index contributed by atoms with van der Waals surface area (Å²) >= 11 is 8.77. The molecule has 0 bridgehead atoms. The van der Waals surface area contributed by atoms with Gasteiger partial charge in [0.05, 0.1) is 0 Å². The summed E-state index contributed by atoms with van der Waals surface area (Å²) in [6.07, 6.45) is 1.08. The Morgan fingerprint density at radius 3 is 2.79 bits per heavy atom. The normalized spacial score (nSPS) is 21.8. The number of nitrogens with one attached hydrogen (secondary N) is 1. The van der Waals surface area contributed by atoms with Crippen LogP contribution in [-0.2, 0) is 0 Å². The van der Waals surface area contributed by atoms with Crippen molar-refractivity contribution in [2.45, 2.75) is 18.6 Å². The number of thiophene rings is 1. The van der Waals surface area contributed by atoms with Crippen LogP contribution in [-0.4, -0.2) is 7.05 Å². The first kappa shape index (κ1) is 13.6. The zero-order valence-corrected chi connectivity index (χ0v) is 14.3. The molecule has 2 unspecified atom stereocenters. The van der Waals surface area contributed by atoms with Crippen LogP contribution in [0.5, 0.6) is 5.75 Å². The number of halogens is 2. The van der Waals surface area contributed by atoms with Crippen molar-refractivity contribution in [3.63, 3.8) is 0 Å². The number of hydrogen-bond acceptors (Lipinski definition) is 3. The van der Waals surface area contributed by atoms with E-state index >= 15 is 0 Å². The fourth-order valence-corrected chi connectivity index (χ4v) is 4.25. The second-order valence-corrected chi connectivity index (χ2v) is 7.31. The van der Waals surface area contributed by atoms with Crippen molar-refractivity contribution < 1.29 is 4.74 Å². The van der Waals surface area contributed by atoms with E-state index in [1.807, 2.05) is 19.2 Å². The Kier molecular flexibility index (Phi) is 3.98. The fraction of sp³-hybridized carbons (Fsp3) is 0.286. The molecule has 0 saturated carbocycles. The Balaban J connectivity index is 1.95. The maximum absolute atomic E-state index is 6.15. The molecule has 2 heterocycles. The zero-order chi connectivity index (χ0) is 13.4. The molecule has 0 saturated heterocycles. The van der Waals surface area contributed by atoms with E-state index in [1.165, 1.54) is 10.4 Å². The van der Waals surface area contributed by atoms with E-state index in [1.54, 1.807) is 11.3 Å². The van der Waals surface area contributed by atoms with Gasteiger partial charge in [-0.25, -0.2) is 0 Å². The van der Waals surface area contributed by atoms with E-state index in [4.69, 9.17) is 4.74 Å². The van der Waals surface area contributed by atoms with E-state index in [0.717, 1.165) is 21.1 Å². The highest BCUT2D eigenvalue weighted by molar-refractivity contribution is 9.10. The summed E-state index contributed by atoms with van der Waals surface area (Å²) < 4.78 is 8.36. The number of rotatable bonds is 2. The van der Waals surface area contributed by atoms with Crippen molar-refractivity contribution in [2.24, 2.45) is 0 Å². The molecule has 1 aliphatic rings. The van der Waals surface area contributed by atoms with Gasteiger partial charge in [0.1, 0.15) is 11.9 Å². The van der Waals surface area contributed by atoms with Gasteiger partial charge in [0.15, 0.2) is 0 Å². The third-order valence-electron chi connectivity index (χ3n) is 3.32. The third-order valence-corrected chi connectivity index (χ3v) is 5.60. The summed E-state index contributed by atoms with van der Waals surface area (Å²) in [5.41, 5.74) is 1.23. The molecular formula is C14H13Br2NOS. The van der Waals surface area contributed by atoms with Crippen LogP contribution in [0.3, 0.4) is 0 Å². The van der Waals surface area contributed by atoms with E-state index in [9.17, 15) is 0 Å². The van der Waals surface area contributed by atoms with Crippen LogP contribution in [0.25, 0.3) is 0 Å². The molecule has 2 aromatic rings. The molecule has 5 heteroatoms. The molecule has 1 aromatic heterocycles. The van der Waals surface area contributed by atoms with E-state index in [2.05, 4.69) is 54.7 Å². The summed E-state index contributed by atoms with van der Waals surface area (Å²) in [5.74, 6) is 0.975.